The van der Waals surface area contributed by atoms with E-state index in [2.05, 4.69) is 33.6 Å². The number of anilines is 1. The number of hydrogen-bond donors (Lipinski definition) is 0. The van der Waals surface area contributed by atoms with Gasteiger partial charge in [0.25, 0.3) is 0 Å². The van der Waals surface area contributed by atoms with Crippen LogP contribution in [0.3, 0.4) is 0 Å². The van der Waals surface area contributed by atoms with E-state index in [4.69, 9.17) is 0 Å². The number of piperazine rings is 1. The molecule has 2 aliphatic rings. The predicted molar refractivity (Wildman–Crippen MR) is 68.0 cm³/mol. The van der Waals surface area contributed by atoms with E-state index in [1.165, 1.54) is 31.6 Å². The van der Waals surface area contributed by atoms with Gasteiger partial charge in [-0.2, -0.15) is 0 Å². The lowest BCUT2D eigenvalue weighted by molar-refractivity contribution is 0.177. The molecule has 0 N–H and O–H groups in total. The van der Waals surface area contributed by atoms with Gasteiger partial charge in [0.1, 0.15) is 6.33 Å². The van der Waals surface area contributed by atoms with E-state index < -0.39 is 0 Å². The van der Waals surface area contributed by atoms with E-state index >= 15 is 0 Å². The highest BCUT2D eigenvalue weighted by molar-refractivity contribution is 5.47. The van der Waals surface area contributed by atoms with Crippen LogP contribution in [0, 0.1) is 0 Å². The molecule has 2 fully saturated rings. The summed E-state index contributed by atoms with van der Waals surface area (Å²) in [5, 5.41) is 0. The van der Waals surface area contributed by atoms with Crippen LogP contribution in [0.15, 0.2) is 18.7 Å². The van der Waals surface area contributed by atoms with Crippen molar-refractivity contribution in [2.75, 3.05) is 18.0 Å². The van der Waals surface area contributed by atoms with E-state index in [9.17, 15) is 0 Å². The molecule has 3 heterocycles. The van der Waals surface area contributed by atoms with Crippen LogP contribution in [-0.2, 0) is 0 Å². The van der Waals surface area contributed by atoms with Crippen LogP contribution < -0.4 is 4.90 Å². The summed E-state index contributed by atoms with van der Waals surface area (Å²) in [6.07, 6.45) is 8.12. The molecule has 2 atom stereocenters. The Hall–Kier alpha value is -1.16. The standard InChI is InChI=1S/C13H20N4/c1-10(2)16-7-11-3-4-12(8-16)17(11)13-5-14-9-15-6-13/h5-6,9-12H,3-4,7-8H2,1-2H3. The highest BCUT2D eigenvalue weighted by Gasteiger charge is 2.40. The number of likely N-dealkylation sites (tertiary alicyclic amines) is 1. The third kappa shape index (κ3) is 1.90. The summed E-state index contributed by atoms with van der Waals surface area (Å²) in [6, 6.07) is 1.97. The zero-order chi connectivity index (χ0) is 11.8. The fourth-order valence-electron chi connectivity index (χ4n) is 3.20. The molecule has 1 aromatic heterocycles. The van der Waals surface area contributed by atoms with Crippen LogP contribution in [0.4, 0.5) is 5.69 Å². The van der Waals surface area contributed by atoms with Gasteiger partial charge in [0, 0.05) is 31.2 Å². The molecule has 2 bridgehead atoms. The zero-order valence-corrected chi connectivity index (χ0v) is 10.6. The number of aromatic nitrogens is 2. The largest absolute Gasteiger partial charge is 0.360 e. The van der Waals surface area contributed by atoms with Crippen molar-refractivity contribution in [2.24, 2.45) is 0 Å². The molecule has 4 heteroatoms. The van der Waals surface area contributed by atoms with Crippen molar-refractivity contribution in [2.45, 2.75) is 44.8 Å². The Morgan fingerprint density at radius 1 is 1.12 bits per heavy atom. The molecule has 17 heavy (non-hydrogen) atoms. The van der Waals surface area contributed by atoms with Crippen LogP contribution in [0.1, 0.15) is 26.7 Å². The average Bonchev–Trinajstić information content (AvgIpc) is 2.60. The summed E-state index contributed by atoms with van der Waals surface area (Å²) in [5.74, 6) is 0. The van der Waals surface area contributed by atoms with Gasteiger partial charge in [-0.25, -0.2) is 9.97 Å². The van der Waals surface area contributed by atoms with Crippen molar-refractivity contribution < 1.29 is 0 Å². The minimum atomic E-state index is 0.655. The first-order chi connectivity index (χ1) is 8.25. The van der Waals surface area contributed by atoms with Gasteiger partial charge in [-0.1, -0.05) is 0 Å². The second-order valence-corrected chi connectivity index (χ2v) is 5.44. The molecule has 3 rings (SSSR count). The van der Waals surface area contributed by atoms with Gasteiger partial charge in [0.2, 0.25) is 0 Å². The van der Waals surface area contributed by atoms with Crippen LogP contribution in [-0.4, -0.2) is 46.1 Å². The Morgan fingerprint density at radius 3 is 2.24 bits per heavy atom. The molecule has 0 aromatic carbocycles. The van der Waals surface area contributed by atoms with Gasteiger partial charge in [-0.15, -0.1) is 0 Å². The highest BCUT2D eigenvalue weighted by atomic mass is 15.3. The molecule has 0 amide bonds. The number of fused-ring (bicyclic) bond motifs is 2. The second kappa shape index (κ2) is 4.26. The van der Waals surface area contributed by atoms with Crippen molar-refractivity contribution in [3.63, 3.8) is 0 Å². The minimum absolute atomic E-state index is 0.655. The third-order valence-electron chi connectivity index (χ3n) is 4.09. The van der Waals surface area contributed by atoms with Crippen molar-refractivity contribution in [3.05, 3.63) is 18.7 Å². The molecule has 1 aromatic rings. The topological polar surface area (TPSA) is 32.3 Å². The fourth-order valence-corrected chi connectivity index (χ4v) is 3.20. The Kier molecular flexibility index (Phi) is 2.74. The van der Waals surface area contributed by atoms with E-state index in [-0.39, 0.29) is 0 Å². The minimum Gasteiger partial charge on any atom is -0.360 e. The van der Waals surface area contributed by atoms with Gasteiger partial charge in [-0.05, 0) is 26.7 Å². The quantitative estimate of drug-likeness (QED) is 0.774. The van der Waals surface area contributed by atoms with Gasteiger partial charge in [-0.3, -0.25) is 4.90 Å². The molecule has 2 saturated heterocycles. The lowest BCUT2D eigenvalue weighted by atomic mass is 10.1. The molecular formula is C13H20N4. The van der Waals surface area contributed by atoms with Crippen molar-refractivity contribution >= 4 is 5.69 Å². The number of nitrogens with zero attached hydrogens (tertiary/aromatic N) is 4. The maximum atomic E-state index is 4.14. The highest BCUT2D eigenvalue weighted by Crippen LogP contribution is 2.34. The van der Waals surface area contributed by atoms with Gasteiger partial charge >= 0.3 is 0 Å². The van der Waals surface area contributed by atoms with Crippen LogP contribution in [0.2, 0.25) is 0 Å². The predicted octanol–water partition coefficient (Wildman–Crippen LogP) is 1.54. The van der Waals surface area contributed by atoms with Crippen molar-refractivity contribution in [3.8, 4) is 0 Å². The smallest absolute Gasteiger partial charge is 0.115 e. The maximum Gasteiger partial charge on any atom is 0.115 e. The Balaban J connectivity index is 1.82. The zero-order valence-electron chi connectivity index (χ0n) is 10.6. The number of rotatable bonds is 2. The number of hydrogen-bond acceptors (Lipinski definition) is 4. The summed E-state index contributed by atoms with van der Waals surface area (Å²) in [4.78, 5) is 13.4. The summed E-state index contributed by atoms with van der Waals surface area (Å²) >= 11 is 0. The van der Waals surface area contributed by atoms with Crippen LogP contribution in [0.25, 0.3) is 0 Å². The average molecular weight is 232 g/mol. The van der Waals surface area contributed by atoms with E-state index in [1.54, 1.807) is 6.33 Å². The monoisotopic (exact) mass is 232 g/mol. The van der Waals surface area contributed by atoms with Gasteiger partial charge in [0.15, 0.2) is 0 Å². The summed E-state index contributed by atoms with van der Waals surface area (Å²) < 4.78 is 0. The van der Waals surface area contributed by atoms with Crippen LogP contribution >= 0.6 is 0 Å². The Morgan fingerprint density at radius 2 is 1.71 bits per heavy atom. The molecule has 2 aliphatic heterocycles. The summed E-state index contributed by atoms with van der Waals surface area (Å²) in [7, 11) is 0. The molecular weight excluding hydrogens is 212 g/mol. The van der Waals surface area contributed by atoms with Crippen molar-refractivity contribution in [1.29, 1.82) is 0 Å². The Labute approximate surface area is 103 Å². The van der Waals surface area contributed by atoms with Crippen molar-refractivity contribution in [1.82, 2.24) is 14.9 Å². The van der Waals surface area contributed by atoms with E-state index in [1.807, 2.05) is 12.4 Å². The SMILES string of the molecule is CC(C)N1CC2CCC(C1)N2c1cncnc1. The first-order valence-electron chi connectivity index (χ1n) is 6.53. The lowest BCUT2D eigenvalue weighted by Crippen LogP contribution is -2.55. The first-order valence-corrected chi connectivity index (χ1v) is 6.53. The molecule has 0 spiro atoms. The lowest BCUT2D eigenvalue weighted by Gasteiger charge is -2.43. The molecule has 92 valence electrons. The summed E-state index contributed by atoms with van der Waals surface area (Å²) in [5.41, 5.74) is 1.20. The fraction of sp³-hybridized carbons (Fsp3) is 0.692. The van der Waals surface area contributed by atoms with Crippen LogP contribution in [0.5, 0.6) is 0 Å². The van der Waals surface area contributed by atoms with E-state index in [0.717, 1.165) is 0 Å². The molecule has 2 unspecified atom stereocenters. The normalized spacial score (nSPS) is 29.0. The second-order valence-electron chi connectivity index (χ2n) is 5.44. The molecule has 0 saturated carbocycles. The third-order valence-corrected chi connectivity index (χ3v) is 4.09. The Bertz CT molecular complexity index is 364. The van der Waals surface area contributed by atoms with E-state index in [0.29, 0.717) is 18.1 Å². The molecule has 0 radical (unpaired) electrons. The molecule has 0 aliphatic carbocycles. The maximum absolute atomic E-state index is 4.14. The molecule has 4 nitrogen and oxygen atoms in total. The van der Waals surface area contributed by atoms with Gasteiger partial charge < -0.3 is 4.90 Å². The first kappa shape index (κ1) is 11.0. The summed E-state index contributed by atoms with van der Waals surface area (Å²) in [6.45, 7) is 6.95. The van der Waals surface area contributed by atoms with Gasteiger partial charge in [0.05, 0.1) is 18.1 Å².